The van der Waals surface area contributed by atoms with E-state index in [0.717, 1.165) is 46.4 Å². The van der Waals surface area contributed by atoms with Gasteiger partial charge in [-0.1, -0.05) is 55.3 Å². The van der Waals surface area contributed by atoms with Gasteiger partial charge in [-0.05, 0) is 31.0 Å². The molecule has 1 saturated carbocycles. The number of aromatic nitrogens is 1. The highest BCUT2D eigenvalue weighted by molar-refractivity contribution is 5.86. The first-order valence-electron chi connectivity index (χ1n) is 11.9. The van der Waals surface area contributed by atoms with Crippen molar-refractivity contribution in [3.8, 4) is 11.3 Å². The molecule has 170 valence electrons. The lowest BCUT2D eigenvalue weighted by atomic mass is 9.91. The average molecular weight is 451 g/mol. The maximum Gasteiger partial charge on any atom is 0.225 e. The van der Waals surface area contributed by atoms with Crippen molar-refractivity contribution in [1.82, 2.24) is 4.98 Å². The Hall–Kier alpha value is -3.61. The lowest BCUT2D eigenvalue weighted by molar-refractivity contribution is -0.746. The number of pyridine rings is 1. The molecule has 3 aromatic rings. The molecule has 3 aliphatic rings. The van der Waals surface area contributed by atoms with Gasteiger partial charge < -0.3 is 4.74 Å². The number of benzene rings is 2. The number of aliphatic imine (C=N–C) groups is 2. The zero-order valence-corrected chi connectivity index (χ0v) is 19.3. The van der Waals surface area contributed by atoms with Crippen LogP contribution in [0.15, 0.2) is 94.9 Å². The van der Waals surface area contributed by atoms with Gasteiger partial charge in [-0.15, -0.1) is 4.59 Å². The lowest BCUT2D eigenvalue weighted by Crippen LogP contribution is -2.63. The monoisotopic (exact) mass is 450 g/mol. The highest BCUT2D eigenvalue weighted by Gasteiger charge is 2.47. The predicted molar refractivity (Wildman–Crippen MR) is 137 cm³/mol. The molecule has 1 aliphatic carbocycles. The third-order valence-corrected chi connectivity index (χ3v) is 7.10. The summed E-state index contributed by atoms with van der Waals surface area (Å²) in [5.74, 6) is 0. The van der Waals surface area contributed by atoms with Gasteiger partial charge in [0.15, 0.2) is 6.20 Å². The number of fused-ring (bicyclic) bond motifs is 2. The molecule has 0 bridgehead atoms. The van der Waals surface area contributed by atoms with Crippen molar-refractivity contribution in [3.63, 3.8) is 0 Å². The van der Waals surface area contributed by atoms with Gasteiger partial charge in [0.2, 0.25) is 12.0 Å². The normalized spacial score (nSPS) is 25.4. The van der Waals surface area contributed by atoms with E-state index in [0.29, 0.717) is 4.59 Å². The van der Waals surface area contributed by atoms with Crippen LogP contribution in [0.3, 0.4) is 0 Å². The summed E-state index contributed by atoms with van der Waals surface area (Å²) in [5.41, 5.74) is 5.19. The van der Waals surface area contributed by atoms with Crippen LogP contribution in [0.2, 0.25) is 0 Å². The van der Waals surface area contributed by atoms with Crippen LogP contribution in [0, 0.1) is 0 Å². The van der Waals surface area contributed by atoms with Crippen LogP contribution in [0.25, 0.3) is 22.2 Å². The Kier molecular flexibility index (Phi) is 5.32. The van der Waals surface area contributed by atoms with Gasteiger partial charge in [-0.3, -0.25) is 4.99 Å². The number of hydrogen-bond acceptors (Lipinski definition) is 5. The number of methoxy groups -OCH3 is 1. The van der Waals surface area contributed by atoms with Crippen molar-refractivity contribution < 1.29 is 9.33 Å². The third kappa shape index (κ3) is 3.47. The molecule has 34 heavy (non-hydrogen) atoms. The highest BCUT2D eigenvalue weighted by atomic mass is 16.5. The van der Waals surface area contributed by atoms with Gasteiger partial charge in [0.05, 0.1) is 41.6 Å². The first-order chi connectivity index (χ1) is 16.8. The van der Waals surface area contributed by atoms with Crippen molar-refractivity contribution in [2.75, 3.05) is 12.1 Å². The fraction of sp³-hybridized carbons (Fsp3) is 0.250. The molecule has 1 aromatic heterocycles. The number of nitrogens with zero attached hydrogens (tertiary/aromatic N) is 5. The van der Waals surface area contributed by atoms with E-state index in [2.05, 4.69) is 63.7 Å². The smallest absolute Gasteiger partial charge is 0.225 e. The predicted octanol–water partition coefficient (Wildman–Crippen LogP) is 5.84. The zero-order chi connectivity index (χ0) is 23.0. The van der Waals surface area contributed by atoms with Gasteiger partial charge in [0.25, 0.3) is 0 Å². The van der Waals surface area contributed by atoms with Crippen LogP contribution in [-0.2, 0) is 4.74 Å². The quantitative estimate of drug-likeness (QED) is 0.459. The Balaban J connectivity index is 1.50. The average Bonchev–Trinajstić information content (AvgIpc) is 3.34. The Morgan fingerprint density at radius 1 is 0.971 bits per heavy atom. The summed E-state index contributed by atoms with van der Waals surface area (Å²) in [6, 6.07) is 21.3. The fourth-order valence-electron chi connectivity index (χ4n) is 5.41. The van der Waals surface area contributed by atoms with Gasteiger partial charge in [-0.2, -0.15) is 0 Å². The molecule has 6 heteroatoms. The summed E-state index contributed by atoms with van der Waals surface area (Å²) in [6.45, 7) is 0. The van der Waals surface area contributed by atoms with Crippen LogP contribution in [-0.4, -0.2) is 41.4 Å². The second-order valence-electron chi connectivity index (χ2n) is 9.04. The van der Waals surface area contributed by atoms with E-state index in [9.17, 15) is 0 Å². The summed E-state index contributed by atoms with van der Waals surface area (Å²) in [4.78, 5) is 14.0. The molecule has 3 heterocycles. The maximum atomic E-state index is 6.02. The Morgan fingerprint density at radius 3 is 2.71 bits per heavy atom. The second-order valence-corrected chi connectivity index (χ2v) is 9.04. The van der Waals surface area contributed by atoms with Crippen molar-refractivity contribution in [2.24, 2.45) is 9.98 Å². The van der Waals surface area contributed by atoms with E-state index in [-0.39, 0.29) is 12.1 Å². The summed E-state index contributed by atoms with van der Waals surface area (Å²) < 4.78 is 6.40. The molecular weight excluding hydrogens is 422 g/mol. The molecule has 6 nitrogen and oxygen atoms in total. The van der Waals surface area contributed by atoms with Crippen molar-refractivity contribution in [3.05, 3.63) is 85.0 Å². The minimum absolute atomic E-state index is 0.142. The van der Waals surface area contributed by atoms with E-state index < -0.39 is 0 Å². The van der Waals surface area contributed by atoms with Crippen LogP contribution in [0.4, 0.5) is 5.69 Å². The van der Waals surface area contributed by atoms with E-state index >= 15 is 0 Å². The van der Waals surface area contributed by atoms with Gasteiger partial charge in [-0.25, -0.2) is 15.0 Å². The van der Waals surface area contributed by atoms with Crippen LogP contribution in [0.1, 0.15) is 25.7 Å². The molecule has 0 saturated heterocycles. The summed E-state index contributed by atoms with van der Waals surface area (Å²) >= 11 is 0. The number of allylic oxidation sites excluding steroid dienone is 1. The summed E-state index contributed by atoms with van der Waals surface area (Å²) in [5, 5.41) is 3.56. The van der Waals surface area contributed by atoms with E-state index in [1.54, 1.807) is 0 Å². The van der Waals surface area contributed by atoms with Crippen LogP contribution < -0.4 is 5.01 Å². The molecule has 0 amide bonds. The number of ether oxygens (including phenoxy) is 1. The number of hydrogen-bond donors (Lipinski definition) is 0. The van der Waals surface area contributed by atoms with Crippen LogP contribution >= 0.6 is 0 Å². The Bertz CT molecular complexity index is 1330. The number of rotatable bonds is 5. The summed E-state index contributed by atoms with van der Waals surface area (Å²) in [6.07, 6.45) is 14.4. The van der Waals surface area contributed by atoms with Crippen LogP contribution in [0.5, 0.6) is 0 Å². The van der Waals surface area contributed by atoms with E-state index in [4.69, 9.17) is 9.72 Å². The van der Waals surface area contributed by atoms with Gasteiger partial charge in [0, 0.05) is 18.1 Å². The van der Waals surface area contributed by atoms with E-state index in [1.807, 2.05) is 50.3 Å². The summed E-state index contributed by atoms with van der Waals surface area (Å²) in [7, 11) is 1.83. The standard InChI is InChI=1S/C28H28N5O/c1-34-28-10-6-5-9-27(28)32(33-16-15-29-18-24(33)19-30-20-33)23-13-11-22-12-14-25(31-26(22)17-23)21-7-3-2-4-8-21/h2-4,7-8,11-20,27-28H,5-6,9-10H2,1H3/q+1. The van der Waals surface area contributed by atoms with Crippen molar-refractivity contribution in [1.29, 1.82) is 0 Å². The lowest BCUT2D eigenvalue weighted by Gasteiger charge is -2.47. The van der Waals surface area contributed by atoms with E-state index in [1.165, 1.54) is 12.8 Å². The SMILES string of the molecule is COC1CCCCC1N(c1ccc2ccc(-c3ccccc3)nc2c1)[N+]12C=CN=CC1=CN=C2. The molecule has 1 fully saturated rings. The molecule has 3 unspecified atom stereocenters. The fourth-order valence-corrected chi connectivity index (χ4v) is 5.41. The Morgan fingerprint density at radius 2 is 1.82 bits per heavy atom. The van der Waals surface area contributed by atoms with Gasteiger partial charge >= 0.3 is 0 Å². The minimum Gasteiger partial charge on any atom is -0.379 e. The highest BCUT2D eigenvalue weighted by Crippen LogP contribution is 2.39. The second kappa shape index (κ2) is 8.63. The van der Waals surface area contributed by atoms with Gasteiger partial charge in [0.1, 0.15) is 6.04 Å². The molecule has 3 atom stereocenters. The third-order valence-electron chi connectivity index (χ3n) is 7.10. The molecule has 0 N–H and O–H groups in total. The number of anilines is 1. The molecule has 2 aliphatic heterocycles. The van der Waals surface area contributed by atoms with Crippen molar-refractivity contribution in [2.45, 2.75) is 37.8 Å². The zero-order valence-electron chi connectivity index (χ0n) is 19.3. The Labute approximate surface area is 199 Å². The maximum absolute atomic E-state index is 6.02. The molecule has 2 aromatic carbocycles. The molecular formula is C28H28N5O+. The number of quaternary nitrogens is 1. The topological polar surface area (TPSA) is 50.1 Å². The first-order valence-corrected chi connectivity index (χ1v) is 11.9. The first kappa shape index (κ1) is 21.0. The molecule has 6 rings (SSSR count). The molecule has 0 spiro atoms. The minimum atomic E-state index is 0.142. The van der Waals surface area contributed by atoms with Crippen molar-refractivity contribution >= 4 is 29.1 Å². The molecule has 0 radical (unpaired) electrons. The largest absolute Gasteiger partial charge is 0.379 e.